The van der Waals surface area contributed by atoms with Gasteiger partial charge in [-0.15, -0.1) is 0 Å². The van der Waals surface area contributed by atoms with Crippen LogP contribution in [0.2, 0.25) is 0 Å². The van der Waals surface area contributed by atoms with Crippen molar-refractivity contribution in [3.8, 4) is 17.1 Å². The van der Waals surface area contributed by atoms with Gasteiger partial charge < -0.3 is 30.3 Å². The van der Waals surface area contributed by atoms with Crippen molar-refractivity contribution < 1.29 is 22.6 Å². The molecule has 2 aliphatic heterocycles. The number of ether oxygens (including phenoxy) is 2. The smallest absolute Gasteiger partial charge is 0.417 e. The normalized spacial score (nSPS) is 17.4. The number of halogens is 3. The van der Waals surface area contributed by atoms with Gasteiger partial charge in [-0.1, -0.05) is 0 Å². The van der Waals surface area contributed by atoms with Gasteiger partial charge in [0, 0.05) is 50.1 Å². The number of hydrogen-bond acceptors (Lipinski definition) is 10. The second-order valence-electron chi connectivity index (χ2n) is 9.32. The Balaban J connectivity index is 1.42. The highest BCUT2D eigenvalue weighted by atomic mass is 19.4. The summed E-state index contributed by atoms with van der Waals surface area (Å²) in [7, 11) is 2.09. The summed E-state index contributed by atoms with van der Waals surface area (Å²) >= 11 is 0. The van der Waals surface area contributed by atoms with Crippen LogP contribution in [0.15, 0.2) is 36.7 Å². The maximum Gasteiger partial charge on any atom is 0.417 e. The number of nitrogen functional groups attached to an aromatic ring is 1. The summed E-state index contributed by atoms with van der Waals surface area (Å²) in [5, 5.41) is 3.14. The fourth-order valence-corrected chi connectivity index (χ4v) is 4.40. The number of aromatic nitrogens is 4. The lowest BCUT2D eigenvalue weighted by Crippen LogP contribution is -2.37. The lowest BCUT2D eigenvalue weighted by Gasteiger charge is -2.28. The van der Waals surface area contributed by atoms with Gasteiger partial charge in [0.2, 0.25) is 11.8 Å². The SMILES string of the molecule is CN1CCC(Oc2ccc(Nc3cc(-c4cnc(N)cc4C(F)(F)F)nc(N4CCOCC4)n3)cn2)CC1. The zero-order chi connectivity index (χ0) is 26.7. The summed E-state index contributed by atoms with van der Waals surface area (Å²) in [5.41, 5.74) is 5.13. The van der Waals surface area contributed by atoms with E-state index in [4.69, 9.17) is 15.2 Å². The van der Waals surface area contributed by atoms with Gasteiger partial charge in [-0.25, -0.2) is 15.0 Å². The van der Waals surface area contributed by atoms with Crippen LogP contribution in [-0.2, 0) is 10.9 Å². The van der Waals surface area contributed by atoms with E-state index in [1.165, 1.54) is 6.07 Å². The molecule has 0 saturated carbocycles. The molecule has 0 aliphatic carbocycles. The van der Waals surface area contributed by atoms with E-state index in [9.17, 15) is 13.2 Å². The first-order chi connectivity index (χ1) is 18.2. The molecular formula is C25H29F3N8O2. The molecule has 0 amide bonds. The molecule has 0 unspecified atom stereocenters. The molecule has 5 heterocycles. The quantitative estimate of drug-likeness (QED) is 0.490. The minimum absolute atomic E-state index is 0.0685. The van der Waals surface area contributed by atoms with Crippen molar-refractivity contribution in [2.75, 3.05) is 62.4 Å². The van der Waals surface area contributed by atoms with Crippen LogP contribution in [0.5, 0.6) is 5.88 Å². The molecule has 3 aromatic rings. The minimum Gasteiger partial charge on any atom is -0.474 e. The molecule has 0 spiro atoms. The van der Waals surface area contributed by atoms with Crippen LogP contribution < -0.4 is 20.7 Å². The standard InChI is InChI=1S/C25H29F3N8O2/c1-35-6-4-17(5-7-35)38-23-3-2-16(14-31-23)32-22-13-20(33-24(34-22)36-8-10-37-11-9-36)18-15-30-21(29)12-19(18)25(26,27)28/h2-3,12-15,17H,4-11H2,1H3,(H2,29,30)(H,32,33,34). The van der Waals surface area contributed by atoms with Crippen LogP contribution in [0.1, 0.15) is 18.4 Å². The molecule has 13 heteroatoms. The largest absolute Gasteiger partial charge is 0.474 e. The molecule has 38 heavy (non-hydrogen) atoms. The van der Waals surface area contributed by atoms with Crippen LogP contribution in [-0.4, -0.2) is 77.4 Å². The first-order valence-corrected chi connectivity index (χ1v) is 12.4. The summed E-state index contributed by atoms with van der Waals surface area (Å²) in [5.74, 6) is 0.890. The lowest BCUT2D eigenvalue weighted by atomic mass is 10.1. The fraction of sp³-hybridized carbons (Fsp3) is 0.440. The minimum atomic E-state index is -4.64. The Hall–Kier alpha value is -3.71. The van der Waals surface area contributed by atoms with Gasteiger partial charge in [-0.05, 0) is 32.0 Å². The third-order valence-corrected chi connectivity index (χ3v) is 6.48. The maximum atomic E-state index is 13.8. The summed E-state index contributed by atoms with van der Waals surface area (Å²) < 4.78 is 53.0. The Bertz CT molecular complexity index is 1240. The van der Waals surface area contributed by atoms with Gasteiger partial charge in [-0.2, -0.15) is 18.2 Å². The molecule has 2 saturated heterocycles. The van der Waals surface area contributed by atoms with Gasteiger partial charge in [0.1, 0.15) is 17.7 Å². The van der Waals surface area contributed by atoms with Crippen LogP contribution in [0.25, 0.3) is 11.3 Å². The highest BCUT2D eigenvalue weighted by Gasteiger charge is 2.35. The number of piperidine rings is 1. The highest BCUT2D eigenvalue weighted by molar-refractivity contribution is 5.71. The number of nitrogens with one attached hydrogen (secondary N) is 1. The first-order valence-electron chi connectivity index (χ1n) is 12.4. The Morgan fingerprint density at radius 3 is 2.47 bits per heavy atom. The van der Waals surface area contributed by atoms with Gasteiger partial charge in [-0.3, -0.25) is 0 Å². The number of alkyl halides is 3. The molecular weight excluding hydrogens is 501 g/mol. The lowest BCUT2D eigenvalue weighted by molar-refractivity contribution is -0.137. The van der Waals surface area contributed by atoms with E-state index in [0.717, 1.165) is 38.2 Å². The molecule has 3 aromatic heterocycles. The number of likely N-dealkylation sites (tertiary alicyclic amines) is 1. The zero-order valence-corrected chi connectivity index (χ0v) is 20.9. The fourth-order valence-electron chi connectivity index (χ4n) is 4.40. The van der Waals surface area contributed by atoms with E-state index in [2.05, 4.69) is 37.2 Å². The molecule has 2 aliphatic rings. The Labute approximate surface area is 218 Å². The number of rotatable bonds is 6. The maximum absolute atomic E-state index is 13.8. The summed E-state index contributed by atoms with van der Waals surface area (Å²) in [6.07, 6.45) is 0.0427. The van der Waals surface area contributed by atoms with E-state index in [0.29, 0.717) is 43.7 Å². The molecule has 202 valence electrons. The summed E-state index contributed by atoms with van der Waals surface area (Å²) in [6.45, 7) is 3.92. The Kier molecular flexibility index (Phi) is 7.47. The van der Waals surface area contributed by atoms with Gasteiger partial charge >= 0.3 is 6.18 Å². The molecule has 0 bridgehead atoms. The monoisotopic (exact) mass is 530 g/mol. The zero-order valence-electron chi connectivity index (χ0n) is 20.9. The number of morpholine rings is 1. The van der Waals surface area contributed by atoms with Crippen molar-refractivity contribution in [1.82, 2.24) is 24.8 Å². The molecule has 10 nitrogen and oxygen atoms in total. The Morgan fingerprint density at radius 1 is 1.03 bits per heavy atom. The predicted molar refractivity (Wildman–Crippen MR) is 136 cm³/mol. The number of hydrogen-bond donors (Lipinski definition) is 2. The van der Waals surface area contributed by atoms with E-state index in [1.54, 1.807) is 18.3 Å². The van der Waals surface area contributed by atoms with E-state index in [1.807, 2.05) is 4.90 Å². The average Bonchev–Trinajstić information content (AvgIpc) is 2.91. The molecule has 0 atom stereocenters. The van der Waals surface area contributed by atoms with Crippen LogP contribution in [0.4, 0.5) is 36.4 Å². The molecule has 0 radical (unpaired) electrons. The van der Waals surface area contributed by atoms with E-state index in [-0.39, 0.29) is 29.1 Å². The Morgan fingerprint density at radius 2 is 1.79 bits per heavy atom. The van der Waals surface area contributed by atoms with E-state index < -0.39 is 11.7 Å². The van der Waals surface area contributed by atoms with Crippen molar-refractivity contribution in [3.05, 3.63) is 42.2 Å². The molecule has 3 N–H and O–H groups in total. The van der Waals surface area contributed by atoms with Crippen molar-refractivity contribution in [2.24, 2.45) is 0 Å². The number of pyridine rings is 2. The molecule has 2 fully saturated rings. The van der Waals surface area contributed by atoms with Crippen molar-refractivity contribution >= 4 is 23.3 Å². The van der Waals surface area contributed by atoms with Crippen molar-refractivity contribution in [1.29, 1.82) is 0 Å². The third kappa shape index (κ3) is 6.22. The summed E-state index contributed by atoms with van der Waals surface area (Å²) in [6, 6.07) is 5.82. The van der Waals surface area contributed by atoms with Gasteiger partial charge in [0.25, 0.3) is 0 Å². The average molecular weight is 531 g/mol. The number of anilines is 4. The van der Waals surface area contributed by atoms with Crippen LogP contribution >= 0.6 is 0 Å². The first kappa shape index (κ1) is 25.9. The van der Waals surface area contributed by atoms with Gasteiger partial charge in [0.05, 0.1) is 36.4 Å². The highest BCUT2D eigenvalue weighted by Crippen LogP contribution is 2.38. The predicted octanol–water partition coefficient (Wildman–Crippen LogP) is 3.59. The van der Waals surface area contributed by atoms with E-state index >= 15 is 0 Å². The van der Waals surface area contributed by atoms with Crippen LogP contribution in [0.3, 0.4) is 0 Å². The van der Waals surface area contributed by atoms with Crippen molar-refractivity contribution in [2.45, 2.75) is 25.1 Å². The number of nitrogens with zero attached hydrogens (tertiary/aromatic N) is 6. The van der Waals surface area contributed by atoms with Crippen LogP contribution in [0, 0.1) is 0 Å². The topological polar surface area (TPSA) is 115 Å². The second kappa shape index (κ2) is 11.0. The number of nitrogens with two attached hydrogens (primary N) is 1. The molecule has 5 rings (SSSR count). The summed E-state index contributed by atoms with van der Waals surface area (Å²) in [4.78, 5) is 21.4. The third-order valence-electron chi connectivity index (χ3n) is 6.48. The second-order valence-corrected chi connectivity index (χ2v) is 9.32. The van der Waals surface area contributed by atoms with Gasteiger partial charge in [0.15, 0.2) is 0 Å². The van der Waals surface area contributed by atoms with Crippen molar-refractivity contribution in [3.63, 3.8) is 0 Å². The molecule has 0 aromatic carbocycles.